The molecule has 0 nitrogen and oxygen atoms in total. The second kappa shape index (κ2) is 14.0. The Balaban J connectivity index is 0.969. The van der Waals surface area contributed by atoms with Crippen molar-refractivity contribution < 1.29 is 0 Å². The maximum Gasteiger partial charge on any atom is 0.0210 e. The molecular formula is C61H56. The van der Waals surface area contributed by atoms with E-state index in [0.717, 1.165) is 38.5 Å². The molecule has 300 valence electrons. The van der Waals surface area contributed by atoms with Gasteiger partial charge in [0, 0.05) is 16.2 Å². The summed E-state index contributed by atoms with van der Waals surface area (Å²) in [6, 6.07) is 61.4. The average Bonchev–Trinajstić information content (AvgIpc) is 3.89. The first kappa shape index (κ1) is 38.0. The Bertz CT molecular complexity index is 3050. The van der Waals surface area contributed by atoms with E-state index in [1.54, 1.807) is 0 Å². The van der Waals surface area contributed by atoms with Gasteiger partial charge in [-0.1, -0.05) is 163 Å². The van der Waals surface area contributed by atoms with Gasteiger partial charge >= 0.3 is 0 Å². The maximum absolute atomic E-state index is 2.56. The molecule has 0 heteroatoms. The monoisotopic (exact) mass is 788 g/mol. The second-order valence-corrected chi connectivity index (χ2v) is 18.3. The van der Waals surface area contributed by atoms with Crippen molar-refractivity contribution in [2.45, 2.75) is 96.3 Å². The van der Waals surface area contributed by atoms with Crippen LogP contribution in [0.1, 0.15) is 113 Å². The zero-order chi connectivity index (χ0) is 41.7. The minimum Gasteiger partial charge on any atom is -0.0642 e. The van der Waals surface area contributed by atoms with Crippen LogP contribution in [0.25, 0.3) is 77.5 Å². The number of rotatable bonds is 9. The van der Waals surface area contributed by atoms with Gasteiger partial charge in [-0.05, 0) is 186 Å². The van der Waals surface area contributed by atoms with Crippen molar-refractivity contribution in [3.05, 3.63) is 191 Å². The zero-order valence-corrected chi connectivity index (χ0v) is 36.8. The molecule has 3 aliphatic rings. The van der Waals surface area contributed by atoms with Crippen molar-refractivity contribution in [2.75, 3.05) is 0 Å². The normalized spacial score (nSPS) is 15.5. The Kier molecular flexibility index (Phi) is 8.74. The number of hydrogen-bond acceptors (Lipinski definition) is 0. The van der Waals surface area contributed by atoms with Crippen molar-refractivity contribution in [3.63, 3.8) is 0 Å². The Morgan fingerprint density at radius 2 is 0.525 bits per heavy atom. The molecule has 0 fully saturated rings. The first-order valence-corrected chi connectivity index (χ1v) is 23.2. The van der Waals surface area contributed by atoms with Crippen LogP contribution in [0.5, 0.6) is 0 Å². The van der Waals surface area contributed by atoms with Gasteiger partial charge in [0.05, 0.1) is 0 Å². The number of benzene rings is 8. The molecule has 0 N–H and O–H groups in total. The van der Waals surface area contributed by atoms with Gasteiger partial charge in [0.15, 0.2) is 0 Å². The van der Waals surface area contributed by atoms with Crippen LogP contribution >= 0.6 is 0 Å². The molecule has 0 saturated heterocycles. The predicted octanol–water partition coefficient (Wildman–Crippen LogP) is 17.1. The molecule has 8 aromatic rings. The van der Waals surface area contributed by atoms with Gasteiger partial charge in [0.1, 0.15) is 0 Å². The fourth-order valence-electron chi connectivity index (χ4n) is 12.7. The van der Waals surface area contributed by atoms with Gasteiger partial charge in [0.25, 0.3) is 0 Å². The lowest BCUT2D eigenvalue weighted by Crippen LogP contribution is -2.23. The summed E-state index contributed by atoms with van der Waals surface area (Å²) in [6.45, 7) is 14.3. The average molecular weight is 789 g/mol. The largest absolute Gasteiger partial charge is 0.0642 e. The molecule has 0 aromatic heterocycles. The molecule has 0 amide bonds. The van der Waals surface area contributed by atoms with E-state index >= 15 is 0 Å². The molecule has 0 atom stereocenters. The van der Waals surface area contributed by atoms with Gasteiger partial charge in [0.2, 0.25) is 0 Å². The molecule has 0 unspecified atom stereocenters. The lowest BCUT2D eigenvalue weighted by molar-refractivity contribution is 0.490. The van der Waals surface area contributed by atoms with Crippen molar-refractivity contribution in [1.82, 2.24) is 0 Å². The van der Waals surface area contributed by atoms with E-state index in [1.165, 1.54) is 111 Å². The lowest BCUT2D eigenvalue weighted by atomic mass is 9.72. The fourth-order valence-corrected chi connectivity index (χ4v) is 12.7. The van der Waals surface area contributed by atoms with E-state index < -0.39 is 0 Å². The molecular weight excluding hydrogens is 733 g/mol. The predicted molar refractivity (Wildman–Crippen MR) is 261 cm³/mol. The third-order valence-electron chi connectivity index (χ3n) is 16.4. The standard InChI is InChI=1S/C61H56/c1-7-59(8-2)53-20-16-15-19-47(53)48-28-24-43(35-54(48)59)44-25-30-51-52-32-27-46(38-58(52)61(11-5,12-6)57(51)36-44)45-26-31-50-49-29-23-42(34-55(49)60(9-3,10-4)56(50)37-45)41-22-21-39-17-13-14-18-40(39)33-41/h13-38H,7-12H2,1-6H3. The summed E-state index contributed by atoms with van der Waals surface area (Å²) in [7, 11) is 0. The van der Waals surface area contributed by atoms with E-state index in [2.05, 4.69) is 199 Å². The highest BCUT2D eigenvalue weighted by Crippen LogP contribution is 2.58. The highest BCUT2D eigenvalue weighted by Gasteiger charge is 2.44. The van der Waals surface area contributed by atoms with Crippen LogP contribution in [-0.4, -0.2) is 0 Å². The SMILES string of the molecule is CCC1(CC)c2ccccc2-c2ccc(-c3ccc4c(c3)C(CC)(CC)c3cc(-c5ccc6c(c5)C(CC)(CC)c5cc(-c7ccc8ccccc8c7)ccc5-6)ccc3-4)cc21. The van der Waals surface area contributed by atoms with Crippen molar-refractivity contribution in [1.29, 1.82) is 0 Å². The molecule has 11 rings (SSSR count). The van der Waals surface area contributed by atoms with Crippen molar-refractivity contribution in [2.24, 2.45) is 0 Å². The summed E-state index contributed by atoms with van der Waals surface area (Å²) < 4.78 is 0. The number of fused-ring (bicyclic) bond motifs is 10. The van der Waals surface area contributed by atoms with Crippen LogP contribution in [0.3, 0.4) is 0 Å². The van der Waals surface area contributed by atoms with Crippen LogP contribution in [0.2, 0.25) is 0 Å². The Labute approximate surface area is 363 Å². The first-order valence-electron chi connectivity index (χ1n) is 23.2. The van der Waals surface area contributed by atoms with Crippen molar-refractivity contribution in [3.8, 4) is 66.8 Å². The first-order chi connectivity index (χ1) is 29.9. The van der Waals surface area contributed by atoms with E-state index in [-0.39, 0.29) is 16.2 Å². The lowest BCUT2D eigenvalue weighted by Gasteiger charge is -2.31. The van der Waals surface area contributed by atoms with Gasteiger partial charge in [-0.2, -0.15) is 0 Å². The van der Waals surface area contributed by atoms with E-state index in [1.807, 2.05) is 0 Å². The number of hydrogen-bond donors (Lipinski definition) is 0. The summed E-state index contributed by atoms with van der Waals surface area (Å²) >= 11 is 0. The summed E-state index contributed by atoms with van der Waals surface area (Å²) in [5.41, 5.74) is 25.3. The van der Waals surface area contributed by atoms with Crippen LogP contribution < -0.4 is 0 Å². The van der Waals surface area contributed by atoms with Gasteiger partial charge in [-0.3, -0.25) is 0 Å². The van der Waals surface area contributed by atoms with Crippen molar-refractivity contribution >= 4 is 10.8 Å². The summed E-state index contributed by atoms with van der Waals surface area (Å²) in [4.78, 5) is 0. The third-order valence-corrected chi connectivity index (χ3v) is 16.4. The van der Waals surface area contributed by atoms with Gasteiger partial charge < -0.3 is 0 Å². The molecule has 61 heavy (non-hydrogen) atoms. The highest BCUT2D eigenvalue weighted by atomic mass is 14.5. The summed E-state index contributed by atoms with van der Waals surface area (Å²) in [6.07, 6.45) is 6.49. The molecule has 0 aliphatic heterocycles. The highest BCUT2D eigenvalue weighted by molar-refractivity contribution is 5.92. The minimum atomic E-state index is -0.0387. The third kappa shape index (κ3) is 5.18. The topological polar surface area (TPSA) is 0 Å². The fraction of sp³-hybridized carbons (Fsp3) is 0.246. The Hall–Kier alpha value is -5.98. The van der Waals surface area contributed by atoms with E-state index in [0.29, 0.717) is 0 Å². The molecule has 0 spiro atoms. The van der Waals surface area contributed by atoms with E-state index in [9.17, 15) is 0 Å². The van der Waals surface area contributed by atoms with Crippen LogP contribution in [0.4, 0.5) is 0 Å². The molecule has 0 heterocycles. The quantitative estimate of drug-likeness (QED) is 0.137. The van der Waals surface area contributed by atoms with Crippen LogP contribution in [-0.2, 0) is 16.2 Å². The molecule has 8 aromatic carbocycles. The zero-order valence-electron chi connectivity index (χ0n) is 36.8. The summed E-state index contributed by atoms with van der Waals surface area (Å²) in [5.74, 6) is 0. The summed E-state index contributed by atoms with van der Waals surface area (Å²) in [5, 5.41) is 2.58. The molecule has 0 saturated carbocycles. The second-order valence-electron chi connectivity index (χ2n) is 18.3. The Morgan fingerprint density at radius 1 is 0.246 bits per heavy atom. The maximum atomic E-state index is 2.56. The minimum absolute atomic E-state index is 0.0260. The van der Waals surface area contributed by atoms with Gasteiger partial charge in [-0.15, -0.1) is 0 Å². The van der Waals surface area contributed by atoms with Crippen LogP contribution in [0.15, 0.2) is 158 Å². The van der Waals surface area contributed by atoms with E-state index in [4.69, 9.17) is 0 Å². The molecule has 0 radical (unpaired) electrons. The molecule has 3 aliphatic carbocycles. The smallest absolute Gasteiger partial charge is 0.0210 e. The van der Waals surface area contributed by atoms with Crippen LogP contribution in [0, 0.1) is 0 Å². The Morgan fingerprint density at radius 3 is 0.902 bits per heavy atom. The van der Waals surface area contributed by atoms with Gasteiger partial charge in [-0.25, -0.2) is 0 Å². The molecule has 0 bridgehead atoms.